The number of rotatable bonds is 5. The van der Waals surface area contributed by atoms with Crippen molar-refractivity contribution in [2.24, 2.45) is 11.8 Å². The summed E-state index contributed by atoms with van der Waals surface area (Å²) in [5.41, 5.74) is 0.846. The molecule has 164 valence electrons. The standard InChI is InChI=1S/C24H34N2O4/c1-15-8-4-6-10-20(15)25-22(27)17-12-18(14-19(13-17)24(29)30-3)23(28)26-21-11-7-5-9-16(21)2/h12-16,20-21H,4-11H2,1-3H3,(H,25,27)(H,26,28). The van der Waals surface area contributed by atoms with Gasteiger partial charge in [-0.05, 0) is 55.7 Å². The zero-order chi connectivity index (χ0) is 21.7. The average molecular weight is 415 g/mol. The molecular weight excluding hydrogens is 380 g/mol. The second-order valence-corrected chi connectivity index (χ2v) is 8.97. The number of methoxy groups -OCH3 is 1. The van der Waals surface area contributed by atoms with Crippen molar-refractivity contribution in [1.82, 2.24) is 10.6 Å². The van der Waals surface area contributed by atoms with E-state index in [1.807, 2.05) is 0 Å². The molecule has 0 spiro atoms. The number of ether oxygens (including phenoxy) is 1. The summed E-state index contributed by atoms with van der Waals surface area (Å²) in [5.74, 6) is -0.223. The van der Waals surface area contributed by atoms with E-state index in [-0.39, 0.29) is 29.5 Å². The second-order valence-electron chi connectivity index (χ2n) is 8.97. The maximum atomic E-state index is 12.9. The van der Waals surface area contributed by atoms with Crippen molar-refractivity contribution < 1.29 is 19.1 Å². The number of esters is 1. The molecule has 2 fully saturated rings. The van der Waals surface area contributed by atoms with Crippen LogP contribution in [0.2, 0.25) is 0 Å². The van der Waals surface area contributed by atoms with Crippen LogP contribution in [0.1, 0.15) is 96.3 Å². The number of hydrogen-bond acceptors (Lipinski definition) is 4. The van der Waals surface area contributed by atoms with E-state index in [0.717, 1.165) is 38.5 Å². The molecule has 4 unspecified atom stereocenters. The summed E-state index contributed by atoms with van der Waals surface area (Å²) in [4.78, 5) is 38.0. The zero-order valence-corrected chi connectivity index (χ0v) is 18.3. The van der Waals surface area contributed by atoms with Gasteiger partial charge in [0, 0.05) is 23.2 Å². The van der Waals surface area contributed by atoms with Crippen LogP contribution < -0.4 is 10.6 Å². The van der Waals surface area contributed by atoms with Crippen LogP contribution in [0.3, 0.4) is 0 Å². The Kier molecular flexibility index (Phi) is 7.51. The van der Waals surface area contributed by atoms with Gasteiger partial charge in [-0.25, -0.2) is 4.79 Å². The molecule has 2 N–H and O–H groups in total. The quantitative estimate of drug-likeness (QED) is 0.711. The number of hydrogen-bond donors (Lipinski definition) is 2. The van der Waals surface area contributed by atoms with Crippen LogP contribution in [0.25, 0.3) is 0 Å². The van der Waals surface area contributed by atoms with Crippen LogP contribution in [-0.4, -0.2) is 37.0 Å². The Balaban J connectivity index is 1.81. The van der Waals surface area contributed by atoms with Gasteiger partial charge in [0.15, 0.2) is 0 Å². The van der Waals surface area contributed by atoms with Gasteiger partial charge in [-0.3, -0.25) is 9.59 Å². The monoisotopic (exact) mass is 414 g/mol. The minimum atomic E-state index is -0.559. The Morgan fingerprint density at radius 2 is 1.13 bits per heavy atom. The lowest BCUT2D eigenvalue weighted by atomic mass is 9.85. The van der Waals surface area contributed by atoms with Gasteiger partial charge in [-0.1, -0.05) is 39.5 Å². The van der Waals surface area contributed by atoms with Crippen molar-refractivity contribution in [1.29, 1.82) is 0 Å². The molecule has 0 aliphatic heterocycles. The minimum Gasteiger partial charge on any atom is -0.465 e. The third-order valence-corrected chi connectivity index (χ3v) is 6.73. The smallest absolute Gasteiger partial charge is 0.337 e. The molecule has 2 saturated carbocycles. The normalized spacial score (nSPS) is 26.5. The molecule has 2 aliphatic carbocycles. The van der Waals surface area contributed by atoms with Crippen molar-refractivity contribution >= 4 is 17.8 Å². The van der Waals surface area contributed by atoms with Crippen LogP contribution in [0.5, 0.6) is 0 Å². The average Bonchev–Trinajstić information content (AvgIpc) is 2.76. The van der Waals surface area contributed by atoms with Gasteiger partial charge in [-0.2, -0.15) is 0 Å². The van der Waals surface area contributed by atoms with Crippen LogP contribution in [-0.2, 0) is 4.74 Å². The summed E-state index contributed by atoms with van der Waals surface area (Å²) in [7, 11) is 1.29. The van der Waals surface area contributed by atoms with Crippen molar-refractivity contribution in [3.8, 4) is 0 Å². The molecule has 0 bridgehead atoms. The van der Waals surface area contributed by atoms with E-state index >= 15 is 0 Å². The molecule has 1 aromatic rings. The first kappa shape index (κ1) is 22.3. The topological polar surface area (TPSA) is 84.5 Å². The predicted octanol–water partition coefficient (Wildman–Crippen LogP) is 4.09. The number of amides is 2. The molecule has 1 aromatic carbocycles. The van der Waals surface area contributed by atoms with Gasteiger partial charge in [0.25, 0.3) is 11.8 Å². The Bertz CT molecular complexity index is 737. The van der Waals surface area contributed by atoms with E-state index in [1.165, 1.54) is 32.1 Å². The van der Waals surface area contributed by atoms with Crippen LogP contribution >= 0.6 is 0 Å². The van der Waals surface area contributed by atoms with E-state index in [4.69, 9.17) is 4.74 Å². The molecular formula is C24H34N2O4. The fourth-order valence-electron chi connectivity index (χ4n) is 4.69. The van der Waals surface area contributed by atoms with Crippen molar-refractivity contribution in [3.63, 3.8) is 0 Å². The third kappa shape index (κ3) is 5.41. The molecule has 0 saturated heterocycles. The highest BCUT2D eigenvalue weighted by Crippen LogP contribution is 2.25. The lowest BCUT2D eigenvalue weighted by Crippen LogP contribution is -2.42. The molecule has 0 heterocycles. The summed E-state index contributed by atoms with van der Waals surface area (Å²) >= 11 is 0. The first-order chi connectivity index (χ1) is 14.4. The highest BCUT2D eigenvalue weighted by Gasteiger charge is 2.26. The summed E-state index contributed by atoms with van der Waals surface area (Å²) < 4.78 is 4.84. The Hall–Kier alpha value is -2.37. The summed E-state index contributed by atoms with van der Waals surface area (Å²) in [5, 5.41) is 6.20. The van der Waals surface area contributed by atoms with E-state index < -0.39 is 5.97 Å². The number of nitrogens with one attached hydrogen (secondary N) is 2. The molecule has 0 aromatic heterocycles. The van der Waals surface area contributed by atoms with Crippen LogP contribution in [0.15, 0.2) is 18.2 Å². The van der Waals surface area contributed by atoms with Gasteiger partial charge in [0.1, 0.15) is 0 Å². The highest BCUT2D eigenvalue weighted by atomic mass is 16.5. The number of benzene rings is 1. The van der Waals surface area contributed by atoms with Crippen LogP contribution in [0, 0.1) is 11.8 Å². The second kappa shape index (κ2) is 10.1. The Morgan fingerprint density at radius 1 is 0.733 bits per heavy atom. The first-order valence-corrected chi connectivity index (χ1v) is 11.2. The van der Waals surface area contributed by atoms with Crippen molar-refractivity contribution in [2.45, 2.75) is 77.3 Å². The number of carbonyl (C=O) groups excluding carboxylic acids is 3. The maximum absolute atomic E-state index is 12.9. The molecule has 3 rings (SSSR count). The molecule has 0 radical (unpaired) electrons. The Labute approximate surface area is 179 Å². The predicted molar refractivity (Wildman–Crippen MR) is 116 cm³/mol. The largest absolute Gasteiger partial charge is 0.465 e. The molecule has 6 heteroatoms. The summed E-state index contributed by atoms with van der Waals surface area (Å²) in [6, 6.07) is 4.84. The summed E-state index contributed by atoms with van der Waals surface area (Å²) in [6.07, 6.45) is 8.69. The molecule has 2 aliphatic rings. The van der Waals surface area contributed by atoms with Crippen molar-refractivity contribution in [2.75, 3.05) is 7.11 Å². The summed E-state index contributed by atoms with van der Waals surface area (Å²) in [6.45, 7) is 4.30. The van der Waals surface area contributed by atoms with Gasteiger partial charge in [0.05, 0.1) is 12.7 Å². The zero-order valence-electron chi connectivity index (χ0n) is 18.3. The van der Waals surface area contributed by atoms with E-state index in [0.29, 0.717) is 23.0 Å². The van der Waals surface area contributed by atoms with Gasteiger partial charge in [0.2, 0.25) is 0 Å². The molecule has 30 heavy (non-hydrogen) atoms. The van der Waals surface area contributed by atoms with E-state index in [2.05, 4.69) is 24.5 Å². The van der Waals surface area contributed by atoms with Gasteiger partial charge < -0.3 is 15.4 Å². The molecule has 6 nitrogen and oxygen atoms in total. The molecule has 4 atom stereocenters. The first-order valence-electron chi connectivity index (χ1n) is 11.2. The van der Waals surface area contributed by atoms with Gasteiger partial charge >= 0.3 is 5.97 Å². The number of carbonyl (C=O) groups is 3. The van der Waals surface area contributed by atoms with Gasteiger partial charge in [-0.15, -0.1) is 0 Å². The minimum absolute atomic E-state index is 0.119. The Morgan fingerprint density at radius 3 is 1.53 bits per heavy atom. The SMILES string of the molecule is COC(=O)c1cc(C(=O)NC2CCCCC2C)cc(C(=O)NC2CCCCC2C)c1. The molecule has 2 amide bonds. The third-order valence-electron chi connectivity index (χ3n) is 6.73. The van der Waals surface area contributed by atoms with Crippen molar-refractivity contribution in [3.05, 3.63) is 34.9 Å². The van der Waals surface area contributed by atoms with E-state index in [9.17, 15) is 14.4 Å². The fourth-order valence-corrected chi connectivity index (χ4v) is 4.69. The van der Waals surface area contributed by atoms with E-state index in [1.54, 1.807) is 6.07 Å². The fraction of sp³-hybridized carbons (Fsp3) is 0.625. The lowest BCUT2D eigenvalue weighted by Gasteiger charge is -2.30. The maximum Gasteiger partial charge on any atom is 0.337 e. The lowest BCUT2D eigenvalue weighted by molar-refractivity contribution is 0.0600. The highest BCUT2D eigenvalue weighted by molar-refractivity contribution is 6.03. The van der Waals surface area contributed by atoms with Crippen LogP contribution in [0.4, 0.5) is 0 Å².